The molecule has 8 nitrogen and oxygen atoms in total. The zero-order valence-corrected chi connectivity index (χ0v) is 15.8. The first-order valence-electron chi connectivity index (χ1n) is 8.93. The van der Waals surface area contributed by atoms with E-state index in [0.717, 1.165) is 11.3 Å². The van der Waals surface area contributed by atoms with Crippen LogP contribution >= 0.6 is 0 Å². The third-order valence-corrected chi connectivity index (χ3v) is 4.06. The lowest BCUT2D eigenvalue weighted by atomic mass is 10.1. The zero-order chi connectivity index (χ0) is 20.6. The SMILES string of the molecule is CNC(=O)CNC(=O)COC(=O)c1cn(-c2ccccc2)nc1-c1ccccc1. The van der Waals surface area contributed by atoms with Crippen molar-refractivity contribution < 1.29 is 19.1 Å². The van der Waals surface area contributed by atoms with Crippen molar-refractivity contribution >= 4 is 17.8 Å². The molecule has 1 aromatic heterocycles. The van der Waals surface area contributed by atoms with E-state index in [4.69, 9.17) is 4.74 Å². The van der Waals surface area contributed by atoms with Gasteiger partial charge in [-0.25, -0.2) is 9.48 Å². The molecule has 1 heterocycles. The summed E-state index contributed by atoms with van der Waals surface area (Å²) < 4.78 is 6.72. The van der Waals surface area contributed by atoms with Crippen molar-refractivity contribution in [1.82, 2.24) is 20.4 Å². The second-order valence-corrected chi connectivity index (χ2v) is 6.06. The number of carbonyl (C=O) groups excluding carboxylic acids is 3. The Morgan fingerprint density at radius 2 is 1.62 bits per heavy atom. The predicted molar refractivity (Wildman–Crippen MR) is 106 cm³/mol. The minimum absolute atomic E-state index is 0.186. The Kier molecular flexibility index (Phi) is 6.36. The van der Waals surface area contributed by atoms with Crippen LogP contribution < -0.4 is 10.6 Å². The summed E-state index contributed by atoms with van der Waals surface area (Å²) in [6.07, 6.45) is 1.57. The van der Waals surface area contributed by atoms with Crippen LogP contribution in [0.2, 0.25) is 0 Å². The van der Waals surface area contributed by atoms with Crippen LogP contribution in [0.25, 0.3) is 16.9 Å². The van der Waals surface area contributed by atoms with Gasteiger partial charge in [-0.05, 0) is 12.1 Å². The highest BCUT2D eigenvalue weighted by Gasteiger charge is 2.20. The molecular weight excluding hydrogens is 372 g/mol. The van der Waals surface area contributed by atoms with Crippen molar-refractivity contribution in [3.8, 4) is 16.9 Å². The minimum Gasteiger partial charge on any atom is -0.452 e. The zero-order valence-electron chi connectivity index (χ0n) is 15.8. The molecule has 8 heteroatoms. The maximum atomic E-state index is 12.6. The fraction of sp³-hybridized carbons (Fsp3) is 0.143. The number of para-hydroxylation sites is 1. The fourth-order valence-corrected chi connectivity index (χ4v) is 2.57. The largest absolute Gasteiger partial charge is 0.452 e. The van der Waals surface area contributed by atoms with Crippen LogP contribution in [0.4, 0.5) is 0 Å². The maximum Gasteiger partial charge on any atom is 0.342 e. The van der Waals surface area contributed by atoms with Crippen molar-refractivity contribution in [3.63, 3.8) is 0 Å². The number of ether oxygens (including phenoxy) is 1. The van der Waals surface area contributed by atoms with Gasteiger partial charge in [-0.2, -0.15) is 5.10 Å². The number of hydrogen-bond acceptors (Lipinski definition) is 5. The quantitative estimate of drug-likeness (QED) is 0.594. The van der Waals surface area contributed by atoms with Crippen molar-refractivity contribution in [1.29, 1.82) is 0 Å². The predicted octanol–water partition coefficient (Wildman–Crippen LogP) is 1.56. The lowest BCUT2D eigenvalue weighted by Crippen LogP contribution is -2.37. The molecule has 2 aromatic carbocycles. The normalized spacial score (nSPS) is 10.2. The molecule has 0 aliphatic heterocycles. The molecule has 0 aliphatic rings. The van der Waals surface area contributed by atoms with E-state index in [1.807, 2.05) is 60.7 Å². The summed E-state index contributed by atoms with van der Waals surface area (Å²) in [5, 5.41) is 9.28. The average molecular weight is 392 g/mol. The van der Waals surface area contributed by atoms with E-state index in [9.17, 15) is 14.4 Å². The van der Waals surface area contributed by atoms with Crippen molar-refractivity contribution in [2.45, 2.75) is 0 Å². The smallest absolute Gasteiger partial charge is 0.342 e. The van der Waals surface area contributed by atoms with Gasteiger partial charge in [0.25, 0.3) is 5.91 Å². The Hall–Kier alpha value is -3.94. The summed E-state index contributed by atoms with van der Waals surface area (Å²) in [5.41, 5.74) is 2.22. The Bertz CT molecular complexity index is 1000. The molecule has 0 saturated heterocycles. The van der Waals surface area contributed by atoms with E-state index in [0.29, 0.717) is 5.69 Å². The molecule has 0 spiro atoms. The number of aromatic nitrogens is 2. The molecule has 2 N–H and O–H groups in total. The highest BCUT2D eigenvalue weighted by molar-refractivity contribution is 5.97. The van der Waals surface area contributed by atoms with Crippen LogP contribution in [0.1, 0.15) is 10.4 Å². The monoisotopic (exact) mass is 392 g/mol. The number of hydrogen-bond donors (Lipinski definition) is 2. The number of nitrogens with one attached hydrogen (secondary N) is 2. The summed E-state index contributed by atoms with van der Waals surface area (Å²) in [4.78, 5) is 35.6. The molecule has 0 bridgehead atoms. The molecule has 2 amide bonds. The number of nitrogens with zero attached hydrogens (tertiary/aromatic N) is 2. The molecule has 0 atom stereocenters. The summed E-state index contributed by atoms with van der Waals surface area (Å²) >= 11 is 0. The molecule has 29 heavy (non-hydrogen) atoms. The van der Waals surface area contributed by atoms with Gasteiger partial charge in [0.15, 0.2) is 6.61 Å². The van der Waals surface area contributed by atoms with Crippen molar-refractivity contribution in [2.24, 2.45) is 0 Å². The second kappa shape index (κ2) is 9.32. The summed E-state index contributed by atoms with van der Waals surface area (Å²) in [6.45, 7) is -0.686. The Morgan fingerprint density at radius 3 is 2.28 bits per heavy atom. The molecule has 3 rings (SSSR count). The number of benzene rings is 2. The van der Waals surface area contributed by atoms with Gasteiger partial charge in [0.1, 0.15) is 11.3 Å². The third-order valence-electron chi connectivity index (χ3n) is 4.06. The lowest BCUT2D eigenvalue weighted by Gasteiger charge is -2.06. The van der Waals surface area contributed by atoms with Crippen molar-refractivity contribution in [2.75, 3.05) is 20.2 Å². The summed E-state index contributed by atoms with van der Waals surface area (Å²) in [6, 6.07) is 18.6. The molecule has 0 radical (unpaired) electrons. The Morgan fingerprint density at radius 1 is 0.966 bits per heavy atom. The molecule has 148 valence electrons. The van der Waals surface area contributed by atoms with Gasteiger partial charge < -0.3 is 15.4 Å². The number of amides is 2. The van der Waals surface area contributed by atoms with E-state index in [-0.39, 0.29) is 18.0 Å². The summed E-state index contributed by atoms with van der Waals surface area (Å²) in [7, 11) is 1.46. The molecule has 0 fully saturated rings. The van der Waals surface area contributed by atoms with Gasteiger partial charge >= 0.3 is 5.97 Å². The van der Waals surface area contributed by atoms with Gasteiger partial charge in [-0.15, -0.1) is 0 Å². The maximum absolute atomic E-state index is 12.6. The topological polar surface area (TPSA) is 102 Å². The summed E-state index contributed by atoms with van der Waals surface area (Å²) in [5.74, 6) is -1.60. The van der Waals surface area contributed by atoms with E-state index >= 15 is 0 Å². The first kappa shape index (κ1) is 19.8. The van der Waals surface area contributed by atoms with Crippen LogP contribution in [-0.2, 0) is 14.3 Å². The second-order valence-electron chi connectivity index (χ2n) is 6.06. The number of esters is 1. The fourth-order valence-electron chi connectivity index (χ4n) is 2.57. The molecule has 0 aliphatic carbocycles. The van der Waals surface area contributed by atoms with E-state index in [1.54, 1.807) is 10.9 Å². The lowest BCUT2D eigenvalue weighted by molar-refractivity contribution is -0.127. The molecule has 0 unspecified atom stereocenters. The Balaban J connectivity index is 1.80. The molecular formula is C21H20N4O4. The van der Waals surface area contributed by atoms with Crippen molar-refractivity contribution in [3.05, 3.63) is 72.4 Å². The van der Waals surface area contributed by atoms with Crippen LogP contribution in [-0.4, -0.2) is 47.8 Å². The molecule has 0 saturated carbocycles. The minimum atomic E-state index is -0.680. The van der Waals surface area contributed by atoms with Gasteiger partial charge in [0.2, 0.25) is 5.91 Å². The van der Waals surface area contributed by atoms with E-state index < -0.39 is 18.5 Å². The van der Waals surface area contributed by atoms with Gasteiger partial charge in [0.05, 0.1) is 12.2 Å². The van der Waals surface area contributed by atoms with Crippen LogP contribution in [0, 0.1) is 0 Å². The van der Waals surface area contributed by atoms with E-state index in [2.05, 4.69) is 15.7 Å². The van der Waals surface area contributed by atoms with Crippen LogP contribution in [0.5, 0.6) is 0 Å². The number of likely N-dealkylation sites (N-methyl/N-ethyl adjacent to an activating group) is 1. The first-order valence-corrected chi connectivity index (χ1v) is 8.93. The van der Waals surface area contributed by atoms with Crippen LogP contribution in [0.15, 0.2) is 66.9 Å². The highest BCUT2D eigenvalue weighted by atomic mass is 16.5. The highest BCUT2D eigenvalue weighted by Crippen LogP contribution is 2.24. The molecule has 3 aromatic rings. The Labute approximate surface area is 167 Å². The third kappa shape index (κ3) is 5.07. The average Bonchev–Trinajstić information content (AvgIpc) is 3.22. The number of rotatable bonds is 7. The van der Waals surface area contributed by atoms with Gasteiger partial charge in [-0.1, -0.05) is 48.5 Å². The number of carbonyl (C=O) groups is 3. The van der Waals surface area contributed by atoms with E-state index in [1.165, 1.54) is 7.05 Å². The van der Waals surface area contributed by atoms with Gasteiger partial charge in [0, 0.05) is 18.8 Å². The van der Waals surface area contributed by atoms with Gasteiger partial charge in [-0.3, -0.25) is 9.59 Å². The standard InChI is InChI=1S/C21H20N4O4/c1-22-18(26)12-23-19(27)14-29-21(28)17-13-25(16-10-6-3-7-11-16)24-20(17)15-8-4-2-5-9-15/h2-11,13H,12,14H2,1H3,(H,22,26)(H,23,27). The first-order chi connectivity index (χ1) is 14.1. The van der Waals surface area contributed by atoms with Crippen LogP contribution in [0.3, 0.4) is 0 Å².